The second kappa shape index (κ2) is 8.08. The normalized spacial score (nSPS) is 11.9. The zero-order valence-corrected chi connectivity index (χ0v) is 12.8. The number of aliphatic imine (C=N–C) groups is 1. The predicted molar refractivity (Wildman–Crippen MR) is 83.8 cm³/mol. The van der Waals surface area contributed by atoms with Crippen LogP contribution in [0.25, 0.3) is 0 Å². The van der Waals surface area contributed by atoms with Gasteiger partial charge in [-0.25, -0.2) is 4.99 Å². The highest BCUT2D eigenvalue weighted by molar-refractivity contribution is 5.95. The Hall–Kier alpha value is -3.17. The van der Waals surface area contributed by atoms with E-state index in [1.807, 2.05) is 0 Å². The molecule has 1 aromatic carbocycles. The molecule has 0 unspecified atom stereocenters. The van der Waals surface area contributed by atoms with Crippen molar-refractivity contribution in [2.75, 3.05) is 11.9 Å². The maximum absolute atomic E-state index is 12.3. The summed E-state index contributed by atoms with van der Waals surface area (Å²) in [5, 5.41) is 5.01. The molecule has 25 heavy (non-hydrogen) atoms. The van der Waals surface area contributed by atoms with E-state index in [2.05, 4.69) is 20.4 Å². The smallest absolute Gasteiger partial charge is 0.467 e. The lowest BCUT2D eigenvalue weighted by Crippen LogP contribution is -2.29. The number of furan rings is 1. The third-order valence-electron chi connectivity index (χ3n) is 2.81. The summed E-state index contributed by atoms with van der Waals surface area (Å²) in [6.45, 7) is -0.112. The Bertz CT molecular complexity index is 730. The van der Waals surface area contributed by atoms with Gasteiger partial charge in [-0.05, 0) is 24.3 Å². The highest BCUT2D eigenvalue weighted by Crippen LogP contribution is 2.29. The zero-order chi connectivity index (χ0) is 18.3. The zero-order valence-electron chi connectivity index (χ0n) is 12.8. The van der Waals surface area contributed by atoms with E-state index in [-0.39, 0.29) is 24.7 Å². The number of carbonyl (C=O) groups is 1. The molecule has 1 aromatic heterocycles. The number of hydrogen-bond acceptors (Lipinski definition) is 4. The van der Waals surface area contributed by atoms with Crippen molar-refractivity contribution in [2.45, 2.75) is 12.9 Å². The monoisotopic (exact) mass is 356 g/mol. The number of para-hydroxylation sites is 2. The van der Waals surface area contributed by atoms with Crippen molar-refractivity contribution in [1.82, 2.24) is 5.32 Å². The van der Waals surface area contributed by atoms with Crippen molar-refractivity contribution in [1.29, 1.82) is 0 Å². The molecule has 134 valence electrons. The second-order valence-corrected chi connectivity index (χ2v) is 4.73. The van der Waals surface area contributed by atoms with E-state index in [9.17, 15) is 18.0 Å². The van der Waals surface area contributed by atoms with Crippen LogP contribution in [0.3, 0.4) is 0 Å². The van der Waals surface area contributed by atoms with Crippen LogP contribution in [0.4, 0.5) is 18.9 Å². The Morgan fingerprint density at radius 1 is 1.24 bits per heavy atom. The summed E-state index contributed by atoms with van der Waals surface area (Å²) < 4.78 is 46.0. The number of guanidine groups is 1. The highest BCUT2D eigenvalue weighted by Gasteiger charge is 2.32. The fraction of sp³-hybridized carbons (Fsp3) is 0.200. The van der Waals surface area contributed by atoms with Crippen molar-refractivity contribution in [3.63, 3.8) is 0 Å². The summed E-state index contributed by atoms with van der Waals surface area (Å²) >= 11 is 0. The Morgan fingerprint density at radius 2 is 2.00 bits per heavy atom. The molecule has 10 heteroatoms. The minimum atomic E-state index is -4.84. The molecule has 0 aliphatic heterocycles. The number of hydrogen-bond donors (Lipinski definition) is 3. The summed E-state index contributed by atoms with van der Waals surface area (Å²) in [5.74, 6) is -0.551. The summed E-state index contributed by atoms with van der Waals surface area (Å²) in [4.78, 5) is 15.4. The van der Waals surface area contributed by atoms with E-state index in [1.54, 1.807) is 12.1 Å². The maximum Gasteiger partial charge on any atom is 0.573 e. The molecule has 0 aliphatic carbocycles. The number of alkyl halides is 3. The lowest BCUT2D eigenvalue weighted by Gasteiger charge is -2.14. The van der Waals surface area contributed by atoms with Crippen LogP contribution >= 0.6 is 0 Å². The molecule has 0 fully saturated rings. The predicted octanol–water partition coefficient (Wildman–Crippen LogP) is 2.22. The molecule has 0 saturated heterocycles. The molecule has 4 N–H and O–H groups in total. The average Bonchev–Trinajstić information content (AvgIpc) is 3.05. The molecule has 1 amide bonds. The van der Waals surface area contributed by atoms with Crippen LogP contribution in [0.5, 0.6) is 5.75 Å². The van der Waals surface area contributed by atoms with Crippen LogP contribution in [0.15, 0.2) is 52.1 Å². The number of nitrogens with two attached hydrogens (primary N) is 1. The number of nitrogens with zero attached hydrogens (tertiary/aromatic N) is 1. The van der Waals surface area contributed by atoms with Gasteiger partial charge in [-0.1, -0.05) is 12.1 Å². The SMILES string of the molecule is NC(=NCC(=O)NCc1ccco1)Nc1ccccc1OC(F)(F)F. The molecule has 0 bridgehead atoms. The van der Waals surface area contributed by atoms with Crippen molar-refractivity contribution < 1.29 is 27.1 Å². The first-order valence-electron chi connectivity index (χ1n) is 7.04. The molecular weight excluding hydrogens is 341 g/mol. The van der Waals surface area contributed by atoms with Crippen LogP contribution in [0, 0.1) is 0 Å². The largest absolute Gasteiger partial charge is 0.573 e. The van der Waals surface area contributed by atoms with E-state index in [0.717, 1.165) is 6.07 Å². The van der Waals surface area contributed by atoms with Crippen LogP contribution < -0.4 is 21.1 Å². The standard InChI is InChI=1S/C15H15F3N4O3/c16-15(17,18)25-12-6-2-1-5-11(12)22-14(19)21-9-13(23)20-8-10-4-3-7-24-10/h1-7H,8-9H2,(H,20,23)(H3,19,21,22). The fourth-order valence-electron chi connectivity index (χ4n) is 1.77. The molecule has 1 heterocycles. The first-order chi connectivity index (χ1) is 11.8. The number of carbonyl (C=O) groups excluding carboxylic acids is 1. The number of nitrogens with one attached hydrogen (secondary N) is 2. The van der Waals surface area contributed by atoms with Crippen molar-refractivity contribution in [3.8, 4) is 5.75 Å². The van der Waals surface area contributed by atoms with Crippen LogP contribution in [0.2, 0.25) is 0 Å². The number of halogens is 3. The summed E-state index contributed by atoms with van der Waals surface area (Å²) in [6, 6.07) is 8.70. The van der Waals surface area contributed by atoms with Crippen molar-refractivity contribution in [2.24, 2.45) is 10.7 Å². The third-order valence-corrected chi connectivity index (χ3v) is 2.81. The van der Waals surface area contributed by atoms with E-state index >= 15 is 0 Å². The summed E-state index contributed by atoms with van der Waals surface area (Å²) in [6.07, 6.45) is -3.36. The lowest BCUT2D eigenvalue weighted by molar-refractivity contribution is -0.274. The molecule has 0 radical (unpaired) electrons. The van der Waals surface area contributed by atoms with Gasteiger partial charge in [0.15, 0.2) is 11.7 Å². The number of ether oxygens (including phenoxy) is 1. The molecule has 2 aromatic rings. The minimum Gasteiger partial charge on any atom is -0.467 e. The van der Waals surface area contributed by atoms with E-state index < -0.39 is 18.0 Å². The number of amides is 1. The Morgan fingerprint density at radius 3 is 2.68 bits per heavy atom. The first kappa shape index (κ1) is 18.2. The van der Waals surface area contributed by atoms with Gasteiger partial charge < -0.3 is 25.5 Å². The van der Waals surface area contributed by atoms with Gasteiger partial charge in [-0.2, -0.15) is 0 Å². The van der Waals surface area contributed by atoms with Gasteiger partial charge >= 0.3 is 6.36 Å². The Labute approximate surface area is 140 Å². The van der Waals surface area contributed by atoms with Gasteiger partial charge in [0, 0.05) is 0 Å². The van der Waals surface area contributed by atoms with Gasteiger partial charge in [0.2, 0.25) is 5.91 Å². The van der Waals surface area contributed by atoms with Gasteiger partial charge in [0.1, 0.15) is 12.3 Å². The highest BCUT2D eigenvalue weighted by atomic mass is 19.4. The third kappa shape index (κ3) is 6.45. The van der Waals surface area contributed by atoms with Gasteiger partial charge in [-0.3, -0.25) is 4.79 Å². The molecule has 2 rings (SSSR count). The van der Waals surface area contributed by atoms with Crippen molar-refractivity contribution >= 4 is 17.6 Å². The van der Waals surface area contributed by atoms with E-state index in [4.69, 9.17) is 10.2 Å². The van der Waals surface area contributed by atoms with Crippen molar-refractivity contribution in [3.05, 3.63) is 48.4 Å². The van der Waals surface area contributed by atoms with Crippen LogP contribution in [-0.2, 0) is 11.3 Å². The van der Waals surface area contributed by atoms with E-state index in [0.29, 0.717) is 5.76 Å². The van der Waals surface area contributed by atoms with Gasteiger partial charge in [0.25, 0.3) is 0 Å². The van der Waals surface area contributed by atoms with E-state index in [1.165, 1.54) is 24.5 Å². The van der Waals surface area contributed by atoms with Crippen LogP contribution in [-0.4, -0.2) is 24.8 Å². The van der Waals surface area contributed by atoms with Crippen LogP contribution in [0.1, 0.15) is 5.76 Å². The van der Waals surface area contributed by atoms with Gasteiger partial charge in [-0.15, -0.1) is 13.2 Å². The molecular formula is C15H15F3N4O3. The fourth-order valence-corrected chi connectivity index (χ4v) is 1.77. The quantitative estimate of drug-likeness (QED) is 0.544. The topological polar surface area (TPSA) is 102 Å². The summed E-state index contributed by atoms with van der Waals surface area (Å²) in [7, 11) is 0. The molecule has 7 nitrogen and oxygen atoms in total. The lowest BCUT2D eigenvalue weighted by atomic mass is 10.3. The molecule has 0 atom stereocenters. The Balaban J connectivity index is 1.89. The molecule has 0 aliphatic rings. The Kier molecular flexibility index (Phi) is 5.88. The minimum absolute atomic E-state index is 0.0305. The number of benzene rings is 1. The summed E-state index contributed by atoms with van der Waals surface area (Å²) in [5.41, 5.74) is 5.55. The first-order valence-corrected chi connectivity index (χ1v) is 7.04. The molecule has 0 saturated carbocycles. The van der Waals surface area contributed by atoms with Gasteiger partial charge in [0.05, 0.1) is 18.5 Å². The average molecular weight is 356 g/mol. The maximum atomic E-state index is 12.3. The number of anilines is 1. The second-order valence-electron chi connectivity index (χ2n) is 4.73. The number of rotatable bonds is 6. The molecule has 0 spiro atoms.